The number of nitrogens with zero attached hydrogens (tertiary/aromatic N) is 4. The van der Waals surface area contributed by atoms with Crippen molar-refractivity contribution in [2.24, 2.45) is 0 Å². The summed E-state index contributed by atoms with van der Waals surface area (Å²) >= 11 is 0. The number of carbonyl (C=O) groups is 1. The predicted octanol–water partition coefficient (Wildman–Crippen LogP) is 7.84. The maximum Gasteiger partial charge on any atom is 0.200 e. The zero-order valence-corrected chi connectivity index (χ0v) is 22.1. The molecule has 0 fully saturated rings. The third-order valence-corrected chi connectivity index (χ3v) is 7.25. The molecule has 0 atom stereocenters. The molecule has 0 spiro atoms. The fraction of sp³-hybridized carbons (Fsp3) is 0.182. The highest BCUT2D eigenvalue weighted by molar-refractivity contribution is 6.13. The van der Waals surface area contributed by atoms with Gasteiger partial charge in [-0.1, -0.05) is 64.1 Å². The Morgan fingerprint density at radius 2 is 1.03 bits per heavy atom. The van der Waals surface area contributed by atoms with Crippen LogP contribution in [-0.2, 0) is 0 Å². The standard InChI is InChI=1S/C33H30N4O/c1-21(2)27-19-36(29-15-7-5-11-23(27)29)32-25(13-9-17-34-32)31(38)26-14-10-18-35-33(26)37-20-28(22(3)4)24-12-6-8-16-30(24)37/h5-22H,1-4H3. The third kappa shape index (κ3) is 3.82. The summed E-state index contributed by atoms with van der Waals surface area (Å²) in [6.07, 6.45) is 7.73. The Hall–Kier alpha value is -4.51. The van der Waals surface area contributed by atoms with E-state index in [1.54, 1.807) is 12.4 Å². The molecule has 38 heavy (non-hydrogen) atoms. The molecule has 5 heteroatoms. The van der Waals surface area contributed by atoms with Crippen LogP contribution in [0.1, 0.15) is 66.6 Å². The van der Waals surface area contributed by atoms with E-state index in [9.17, 15) is 4.79 Å². The molecule has 0 radical (unpaired) electrons. The van der Waals surface area contributed by atoms with Gasteiger partial charge in [-0.05, 0) is 59.4 Å². The van der Waals surface area contributed by atoms with Gasteiger partial charge in [0.15, 0.2) is 0 Å². The summed E-state index contributed by atoms with van der Waals surface area (Å²) in [5.41, 5.74) is 5.61. The van der Waals surface area contributed by atoms with E-state index in [2.05, 4.69) is 85.6 Å². The molecule has 4 aromatic heterocycles. The van der Waals surface area contributed by atoms with E-state index < -0.39 is 0 Å². The van der Waals surface area contributed by atoms with Gasteiger partial charge in [-0.3, -0.25) is 4.79 Å². The van der Waals surface area contributed by atoms with Crippen molar-refractivity contribution in [2.75, 3.05) is 0 Å². The first-order chi connectivity index (χ1) is 18.5. The lowest BCUT2D eigenvalue weighted by atomic mass is 10.0. The SMILES string of the molecule is CC(C)c1cn(-c2ncccc2C(=O)c2cccnc2-n2cc(C(C)C)c3ccccc32)c2ccccc12. The summed E-state index contributed by atoms with van der Waals surface area (Å²) in [4.78, 5) is 23.7. The van der Waals surface area contributed by atoms with Crippen LogP contribution >= 0.6 is 0 Å². The first-order valence-electron chi connectivity index (χ1n) is 13.1. The molecule has 0 saturated carbocycles. The van der Waals surface area contributed by atoms with Gasteiger partial charge < -0.3 is 9.13 Å². The van der Waals surface area contributed by atoms with Crippen molar-refractivity contribution in [1.29, 1.82) is 0 Å². The highest BCUT2D eigenvalue weighted by Gasteiger charge is 2.23. The summed E-state index contributed by atoms with van der Waals surface area (Å²) in [5, 5.41) is 2.35. The molecule has 0 amide bonds. The van der Waals surface area contributed by atoms with Crippen LogP contribution in [0.25, 0.3) is 33.4 Å². The van der Waals surface area contributed by atoms with Crippen LogP contribution in [0.2, 0.25) is 0 Å². The average Bonchev–Trinajstić information content (AvgIpc) is 3.52. The predicted molar refractivity (Wildman–Crippen MR) is 154 cm³/mol. The monoisotopic (exact) mass is 498 g/mol. The van der Waals surface area contributed by atoms with Gasteiger partial charge in [-0.25, -0.2) is 9.97 Å². The fourth-order valence-electron chi connectivity index (χ4n) is 5.36. The molecule has 4 heterocycles. The quantitative estimate of drug-likeness (QED) is 0.220. The molecule has 0 aliphatic carbocycles. The summed E-state index contributed by atoms with van der Waals surface area (Å²) in [5.74, 6) is 1.81. The number of para-hydroxylation sites is 2. The molecule has 5 nitrogen and oxygen atoms in total. The number of pyridine rings is 2. The second-order valence-corrected chi connectivity index (χ2v) is 10.3. The highest BCUT2D eigenvalue weighted by Crippen LogP contribution is 2.33. The Balaban J connectivity index is 1.54. The maximum absolute atomic E-state index is 14.3. The molecule has 0 bridgehead atoms. The summed E-state index contributed by atoms with van der Waals surface area (Å²) in [6, 6.07) is 24.0. The van der Waals surface area contributed by atoms with Crippen LogP contribution < -0.4 is 0 Å². The zero-order chi connectivity index (χ0) is 26.4. The van der Waals surface area contributed by atoms with E-state index in [0.29, 0.717) is 34.6 Å². The van der Waals surface area contributed by atoms with Gasteiger partial charge in [-0.15, -0.1) is 0 Å². The van der Waals surface area contributed by atoms with Gasteiger partial charge in [-0.2, -0.15) is 0 Å². The number of ketones is 1. The molecule has 188 valence electrons. The molecule has 0 N–H and O–H groups in total. The first kappa shape index (κ1) is 23.9. The Bertz CT molecular complexity index is 1670. The smallest absolute Gasteiger partial charge is 0.200 e. The molecule has 6 aromatic rings. The zero-order valence-electron chi connectivity index (χ0n) is 22.1. The van der Waals surface area contributed by atoms with Gasteiger partial charge in [0.05, 0.1) is 22.2 Å². The molecule has 0 aliphatic rings. The van der Waals surface area contributed by atoms with Crippen molar-refractivity contribution >= 4 is 27.6 Å². The van der Waals surface area contributed by atoms with Gasteiger partial charge in [0.2, 0.25) is 5.78 Å². The van der Waals surface area contributed by atoms with Gasteiger partial charge in [0, 0.05) is 35.6 Å². The Labute approximate surface area is 222 Å². The summed E-state index contributed by atoms with van der Waals surface area (Å²) in [6.45, 7) is 8.74. The van der Waals surface area contributed by atoms with Crippen LogP contribution in [0.4, 0.5) is 0 Å². The molecule has 0 unspecified atom stereocenters. The lowest BCUT2D eigenvalue weighted by Crippen LogP contribution is -2.12. The lowest BCUT2D eigenvalue weighted by Gasteiger charge is -2.13. The summed E-state index contributed by atoms with van der Waals surface area (Å²) < 4.78 is 4.10. The number of hydrogen-bond acceptors (Lipinski definition) is 3. The number of carbonyl (C=O) groups excluding carboxylic acids is 1. The van der Waals surface area contributed by atoms with E-state index in [4.69, 9.17) is 9.97 Å². The van der Waals surface area contributed by atoms with Crippen LogP contribution in [0, 0.1) is 0 Å². The number of rotatable bonds is 6. The number of fused-ring (bicyclic) bond motifs is 2. The van der Waals surface area contributed by atoms with Crippen molar-refractivity contribution in [3.8, 4) is 11.6 Å². The Morgan fingerprint density at radius 1 is 0.605 bits per heavy atom. The fourth-order valence-corrected chi connectivity index (χ4v) is 5.36. The average molecular weight is 499 g/mol. The number of benzene rings is 2. The van der Waals surface area contributed by atoms with Crippen LogP contribution in [0.15, 0.2) is 97.6 Å². The van der Waals surface area contributed by atoms with Crippen molar-refractivity contribution in [1.82, 2.24) is 19.1 Å². The molecule has 0 aliphatic heterocycles. The first-order valence-corrected chi connectivity index (χ1v) is 13.1. The Kier molecular flexibility index (Phi) is 5.91. The number of aromatic nitrogens is 4. The largest absolute Gasteiger partial charge is 0.300 e. The van der Waals surface area contributed by atoms with Crippen molar-refractivity contribution in [3.05, 3.63) is 120 Å². The van der Waals surface area contributed by atoms with Gasteiger partial charge in [0.1, 0.15) is 11.6 Å². The molecule has 0 saturated heterocycles. The normalized spacial score (nSPS) is 11.7. The maximum atomic E-state index is 14.3. The molecular formula is C33H30N4O. The van der Waals surface area contributed by atoms with Crippen LogP contribution in [-0.4, -0.2) is 24.9 Å². The van der Waals surface area contributed by atoms with E-state index in [1.807, 2.05) is 36.4 Å². The number of hydrogen-bond donors (Lipinski definition) is 0. The minimum atomic E-state index is -0.107. The topological polar surface area (TPSA) is 52.7 Å². The molecule has 6 rings (SSSR count). The van der Waals surface area contributed by atoms with E-state index in [0.717, 1.165) is 11.0 Å². The van der Waals surface area contributed by atoms with Crippen molar-refractivity contribution in [3.63, 3.8) is 0 Å². The second-order valence-electron chi connectivity index (χ2n) is 10.3. The molecule has 2 aromatic carbocycles. The minimum Gasteiger partial charge on any atom is -0.300 e. The van der Waals surface area contributed by atoms with Crippen molar-refractivity contribution < 1.29 is 4.79 Å². The second kappa shape index (κ2) is 9.42. The summed E-state index contributed by atoms with van der Waals surface area (Å²) in [7, 11) is 0. The van der Waals surface area contributed by atoms with E-state index in [1.165, 1.54) is 21.9 Å². The van der Waals surface area contributed by atoms with Crippen LogP contribution in [0.5, 0.6) is 0 Å². The minimum absolute atomic E-state index is 0.107. The van der Waals surface area contributed by atoms with Crippen LogP contribution in [0.3, 0.4) is 0 Å². The Morgan fingerprint density at radius 3 is 1.45 bits per heavy atom. The lowest BCUT2D eigenvalue weighted by molar-refractivity contribution is 0.103. The highest BCUT2D eigenvalue weighted by atomic mass is 16.1. The molecular weight excluding hydrogens is 468 g/mol. The van der Waals surface area contributed by atoms with Gasteiger partial charge in [0.25, 0.3) is 0 Å². The van der Waals surface area contributed by atoms with E-state index in [-0.39, 0.29) is 5.78 Å². The van der Waals surface area contributed by atoms with E-state index >= 15 is 0 Å². The third-order valence-electron chi connectivity index (χ3n) is 7.25. The van der Waals surface area contributed by atoms with Crippen molar-refractivity contribution in [2.45, 2.75) is 39.5 Å². The van der Waals surface area contributed by atoms with Gasteiger partial charge >= 0.3 is 0 Å².